The zero-order valence-electron chi connectivity index (χ0n) is 19.6. The molecule has 1 unspecified atom stereocenters. The summed E-state index contributed by atoms with van der Waals surface area (Å²) in [5.74, 6) is 0.379. The average molecular weight is 505 g/mol. The molecule has 1 aliphatic carbocycles. The van der Waals surface area contributed by atoms with Gasteiger partial charge < -0.3 is 10.1 Å². The summed E-state index contributed by atoms with van der Waals surface area (Å²) in [6.45, 7) is 3.94. The Hall–Kier alpha value is -3.08. The van der Waals surface area contributed by atoms with Crippen molar-refractivity contribution in [2.75, 3.05) is 5.32 Å². The van der Waals surface area contributed by atoms with E-state index in [2.05, 4.69) is 17.4 Å². The number of pyridine rings is 1. The highest BCUT2D eigenvalue weighted by atomic mass is 35.5. The summed E-state index contributed by atoms with van der Waals surface area (Å²) < 4.78 is 6.25. The lowest BCUT2D eigenvalue weighted by Crippen LogP contribution is -2.25. The van der Waals surface area contributed by atoms with Crippen LogP contribution in [0.25, 0.3) is 22.0 Å². The Morgan fingerprint density at radius 2 is 1.83 bits per heavy atom. The summed E-state index contributed by atoms with van der Waals surface area (Å²) in [7, 11) is 0. The standard InChI is InChI=1S/C29H26Cl2N2O2/c1-17(2)35-28-25-12-6-10-23(19-13-20(30)15-21(31)14-19)27(25)32-16-26(28)33-29(34)24-11-5-8-18-7-3-4-9-22(18)24/h3-4,6-7,9-10,12-17,24H,5,8,11H2,1-2H3,(H,33,34). The molecule has 0 saturated heterocycles. The van der Waals surface area contributed by atoms with Crippen molar-refractivity contribution in [2.45, 2.75) is 45.1 Å². The number of nitrogens with zero attached hydrogens (tertiary/aromatic N) is 1. The second-order valence-corrected chi connectivity index (χ2v) is 10.0. The number of aryl methyl sites for hydroxylation is 1. The van der Waals surface area contributed by atoms with Crippen LogP contribution in [0, 0.1) is 0 Å². The van der Waals surface area contributed by atoms with Gasteiger partial charge in [-0.1, -0.05) is 59.6 Å². The number of nitrogens with one attached hydrogen (secondary N) is 1. The van der Waals surface area contributed by atoms with Crippen molar-refractivity contribution >= 4 is 45.7 Å². The van der Waals surface area contributed by atoms with Gasteiger partial charge in [0.25, 0.3) is 0 Å². The van der Waals surface area contributed by atoms with Crippen molar-refractivity contribution in [1.82, 2.24) is 4.98 Å². The predicted molar refractivity (Wildman–Crippen MR) is 144 cm³/mol. The number of anilines is 1. The highest BCUT2D eigenvalue weighted by Crippen LogP contribution is 2.40. The van der Waals surface area contributed by atoms with Gasteiger partial charge >= 0.3 is 0 Å². The third-order valence-corrected chi connectivity index (χ3v) is 6.76. The van der Waals surface area contributed by atoms with E-state index < -0.39 is 0 Å². The molecule has 4 nitrogen and oxygen atoms in total. The number of para-hydroxylation sites is 1. The van der Waals surface area contributed by atoms with Crippen LogP contribution in [0.15, 0.2) is 66.9 Å². The molecule has 0 aliphatic heterocycles. The fourth-order valence-corrected chi connectivity index (χ4v) is 5.36. The number of rotatable bonds is 5. The van der Waals surface area contributed by atoms with Gasteiger partial charge in [-0.25, -0.2) is 0 Å². The molecular weight excluding hydrogens is 479 g/mol. The van der Waals surface area contributed by atoms with Crippen molar-refractivity contribution in [2.24, 2.45) is 0 Å². The van der Waals surface area contributed by atoms with Crippen molar-refractivity contribution in [3.05, 3.63) is 88.0 Å². The molecular formula is C29H26Cl2N2O2. The van der Waals surface area contributed by atoms with E-state index in [1.807, 2.05) is 56.3 Å². The zero-order valence-corrected chi connectivity index (χ0v) is 21.2. The minimum absolute atomic E-state index is 0.0373. The molecule has 0 spiro atoms. The number of benzene rings is 3. The van der Waals surface area contributed by atoms with Gasteiger partial charge in [-0.2, -0.15) is 0 Å². The summed E-state index contributed by atoms with van der Waals surface area (Å²) in [5.41, 5.74) is 5.43. The van der Waals surface area contributed by atoms with Gasteiger partial charge in [-0.3, -0.25) is 9.78 Å². The van der Waals surface area contributed by atoms with Crippen molar-refractivity contribution in [3.63, 3.8) is 0 Å². The molecule has 6 heteroatoms. The van der Waals surface area contributed by atoms with E-state index in [4.69, 9.17) is 32.9 Å². The maximum absolute atomic E-state index is 13.4. The zero-order chi connectivity index (χ0) is 24.5. The molecule has 178 valence electrons. The van der Waals surface area contributed by atoms with Crippen LogP contribution < -0.4 is 10.1 Å². The first kappa shape index (κ1) is 23.7. The first-order chi connectivity index (χ1) is 16.9. The summed E-state index contributed by atoms with van der Waals surface area (Å²) in [5, 5.41) is 5.05. The van der Waals surface area contributed by atoms with Crippen LogP contribution in [0.5, 0.6) is 5.75 Å². The van der Waals surface area contributed by atoms with Gasteiger partial charge in [-0.05, 0) is 74.1 Å². The van der Waals surface area contributed by atoms with E-state index in [1.165, 1.54) is 5.56 Å². The molecule has 0 radical (unpaired) electrons. The van der Waals surface area contributed by atoms with Crippen LogP contribution in [-0.4, -0.2) is 17.0 Å². The number of hydrogen-bond donors (Lipinski definition) is 1. The molecule has 0 bridgehead atoms. The molecule has 1 heterocycles. The highest BCUT2D eigenvalue weighted by molar-refractivity contribution is 6.35. The number of fused-ring (bicyclic) bond motifs is 2. The minimum Gasteiger partial charge on any atom is -0.488 e. The molecule has 0 saturated carbocycles. The lowest BCUT2D eigenvalue weighted by molar-refractivity contribution is -0.117. The molecule has 4 aromatic rings. The second kappa shape index (κ2) is 9.88. The molecule has 0 fully saturated rings. The quantitative estimate of drug-likeness (QED) is 0.299. The van der Waals surface area contributed by atoms with E-state index in [9.17, 15) is 4.79 Å². The van der Waals surface area contributed by atoms with Gasteiger partial charge in [0.15, 0.2) is 5.75 Å². The summed E-state index contributed by atoms with van der Waals surface area (Å²) in [6.07, 6.45) is 4.42. The van der Waals surface area contributed by atoms with E-state index in [0.717, 1.165) is 46.9 Å². The Morgan fingerprint density at radius 3 is 2.60 bits per heavy atom. The van der Waals surface area contributed by atoms with Crippen LogP contribution in [0.1, 0.15) is 43.7 Å². The predicted octanol–water partition coefficient (Wildman–Crippen LogP) is 8.05. The summed E-state index contributed by atoms with van der Waals surface area (Å²) >= 11 is 12.5. The van der Waals surface area contributed by atoms with E-state index >= 15 is 0 Å². The van der Waals surface area contributed by atoms with Gasteiger partial charge in [-0.15, -0.1) is 0 Å². The number of carbonyl (C=O) groups is 1. The maximum atomic E-state index is 13.4. The van der Waals surface area contributed by atoms with E-state index in [-0.39, 0.29) is 17.9 Å². The first-order valence-electron chi connectivity index (χ1n) is 11.8. The Bertz CT molecular complexity index is 1400. The molecule has 1 amide bonds. The first-order valence-corrected chi connectivity index (χ1v) is 12.6. The number of hydrogen-bond acceptors (Lipinski definition) is 3. The second-order valence-electron chi connectivity index (χ2n) is 9.16. The van der Waals surface area contributed by atoms with Crippen molar-refractivity contribution in [3.8, 4) is 16.9 Å². The van der Waals surface area contributed by atoms with Crippen molar-refractivity contribution < 1.29 is 9.53 Å². The van der Waals surface area contributed by atoms with Crippen LogP contribution >= 0.6 is 23.2 Å². The molecule has 1 aliphatic rings. The van der Waals surface area contributed by atoms with Crippen LogP contribution in [-0.2, 0) is 11.2 Å². The maximum Gasteiger partial charge on any atom is 0.232 e. The number of aromatic nitrogens is 1. The van der Waals surface area contributed by atoms with Crippen LogP contribution in [0.3, 0.4) is 0 Å². The van der Waals surface area contributed by atoms with Gasteiger partial charge in [0.05, 0.1) is 23.7 Å². The van der Waals surface area contributed by atoms with Crippen molar-refractivity contribution in [1.29, 1.82) is 0 Å². The molecule has 3 aromatic carbocycles. The van der Waals surface area contributed by atoms with Crippen LogP contribution in [0.4, 0.5) is 5.69 Å². The normalized spacial score (nSPS) is 15.2. The molecule has 1 atom stereocenters. The largest absolute Gasteiger partial charge is 0.488 e. The molecule has 1 aromatic heterocycles. The Morgan fingerprint density at radius 1 is 1.06 bits per heavy atom. The number of halogens is 2. The lowest BCUT2D eigenvalue weighted by Gasteiger charge is -2.25. The molecule has 35 heavy (non-hydrogen) atoms. The fraction of sp³-hybridized carbons (Fsp3) is 0.241. The monoisotopic (exact) mass is 504 g/mol. The summed E-state index contributed by atoms with van der Waals surface area (Å²) in [6, 6.07) is 19.5. The number of amides is 1. The van der Waals surface area contributed by atoms with Crippen LogP contribution in [0.2, 0.25) is 10.0 Å². The van der Waals surface area contributed by atoms with Gasteiger partial charge in [0.2, 0.25) is 5.91 Å². The minimum atomic E-state index is -0.192. The Balaban J connectivity index is 1.57. The molecule has 1 N–H and O–H groups in total. The average Bonchev–Trinajstić information content (AvgIpc) is 2.83. The Labute approximate surface area is 215 Å². The van der Waals surface area contributed by atoms with Gasteiger partial charge in [0, 0.05) is 21.0 Å². The SMILES string of the molecule is CC(C)Oc1c(NC(=O)C2CCCc3ccccc32)cnc2c(-c3cc(Cl)cc(Cl)c3)cccc12. The smallest absolute Gasteiger partial charge is 0.232 e. The third-order valence-electron chi connectivity index (χ3n) is 6.32. The number of carbonyl (C=O) groups excluding carboxylic acids is 1. The van der Waals surface area contributed by atoms with Gasteiger partial charge in [0.1, 0.15) is 5.69 Å². The third kappa shape index (κ3) is 4.86. The number of ether oxygens (including phenoxy) is 1. The highest BCUT2D eigenvalue weighted by Gasteiger charge is 2.27. The van der Waals surface area contributed by atoms with E-state index in [1.54, 1.807) is 12.3 Å². The van der Waals surface area contributed by atoms with E-state index in [0.29, 0.717) is 21.5 Å². The summed E-state index contributed by atoms with van der Waals surface area (Å²) in [4.78, 5) is 18.2. The topological polar surface area (TPSA) is 51.2 Å². The Kier molecular flexibility index (Phi) is 6.68. The molecule has 5 rings (SSSR count). The lowest BCUT2D eigenvalue weighted by atomic mass is 9.82. The fourth-order valence-electron chi connectivity index (χ4n) is 4.84.